The summed E-state index contributed by atoms with van der Waals surface area (Å²) in [5.74, 6) is 0.687. The summed E-state index contributed by atoms with van der Waals surface area (Å²) in [5.41, 5.74) is 0.205. The normalized spacial score (nSPS) is 16.8. The Morgan fingerprint density at radius 3 is 2.00 bits per heavy atom. The monoisotopic (exact) mass is 215 g/mol. The van der Waals surface area contributed by atoms with E-state index in [2.05, 4.69) is 46.9 Å². The van der Waals surface area contributed by atoms with Gasteiger partial charge in [-0.25, -0.2) is 0 Å². The van der Waals surface area contributed by atoms with Crippen LogP contribution in [0.2, 0.25) is 0 Å². The van der Waals surface area contributed by atoms with Gasteiger partial charge in [-0.2, -0.15) is 0 Å². The van der Waals surface area contributed by atoms with Gasteiger partial charge in [-0.05, 0) is 17.8 Å². The summed E-state index contributed by atoms with van der Waals surface area (Å²) in [5, 5.41) is 3.60. The van der Waals surface area contributed by atoms with Gasteiger partial charge in [-0.3, -0.25) is 0 Å². The molecule has 0 aromatic carbocycles. The van der Waals surface area contributed by atoms with Gasteiger partial charge in [0, 0.05) is 19.7 Å². The maximum absolute atomic E-state index is 5.53. The van der Waals surface area contributed by atoms with Crippen LogP contribution in [0.4, 0.5) is 0 Å². The summed E-state index contributed by atoms with van der Waals surface area (Å²) in [6, 6.07) is 0.602. The first-order chi connectivity index (χ1) is 6.82. The number of rotatable bonds is 6. The summed E-state index contributed by atoms with van der Waals surface area (Å²) >= 11 is 0. The second-order valence-corrected chi connectivity index (χ2v) is 5.76. The first-order valence-corrected chi connectivity index (χ1v) is 6.09. The molecule has 0 heterocycles. The second kappa shape index (κ2) is 6.49. The van der Waals surface area contributed by atoms with Crippen molar-refractivity contribution < 1.29 is 4.74 Å². The Kier molecular flexibility index (Phi) is 6.46. The van der Waals surface area contributed by atoms with Gasteiger partial charge in [0.2, 0.25) is 0 Å². The van der Waals surface area contributed by atoms with Gasteiger partial charge in [0.15, 0.2) is 0 Å². The van der Waals surface area contributed by atoms with Crippen molar-refractivity contribution in [2.75, 3.05) is 13.7 Å². The molecule has 0 aromatic rings. The van der Waals surface area contributed by atoms with E-state index in [1.807, 2.05) is 0 Å². The van der Waals surface area contributed by atoms with E-state index in [1.54, 1.807) is 7.11 Å². The lowest BCUT2D eigenvalue weighted by atomic mass is 9.88. The number of methoxy groups -OCH3 is 1. The fourth-order valence-electron chi connectivity index (χ4n) is 1.85. The molecule has 1 N–H and O–H groups in total. The van der Waals surface area contributed by atoms with Gasteiger partial charge < -0.3 is 10.1 Å². The zero-order chi connectivity index (χ0) is 12.1. The Morgan fingerprint density at radius 2 is 1.73 bits per heavy atom. The van der Waals surface area contributed by atoms with Crippen LogP contribution >= 0.6 is 0 Å². The third-order valence-electron chi connectivity index (χ3n) is 3.06. The zero-order valence-electron chi connectivity index (χ0n) is 11.6. The predicted octanol–water partition coefficient (Wildman–Crippen LogP) is 3.07. The van der Waals surface area contributed by atoms with Gasteiger partial charge >= 0.3 is 0 Å². The SMILES string of the molecule is CCC(NCC(OC)C(C)(C)C)C(C)C. The molecule has 0 spiro atoms. The average Bonchev–Trinajstić information content (AvgIpc) is 2.09. The van der Waals surface area contributed by atoms with Crippen molar-refractivity contribution in [3.63, 3.8) is 0 Å². The minimum absolute atomic E-state index is 0.205. The van der Waals surface area contributed by atoms with Gasteiger partial charge in [0.1, 0.15) is 0 Å². The molecule has 0 saturated heterocycles. The highest BCUT2D eigenvalue weighted by Gasteiger charge is 2.25. The molecule has 0 bridgehead atoms. The highest BCUT2D eigenvalue weighted by atomic mass is 16.5. The number of hydrogen-bond acceptors (Lipinski definition) is 2. The van der Waals surface area contributed by atoms with Crippen LogP contribution < -0.4 is 5.32 Å². The number of ether oxygens (including phenoxy) is 1. The van der Waals surface area contributed by atoms with Crippen molar-refractivity contribution >= 4 is 0 Å². The third-order valence-corrected chi connectivity index (χ3v) is 3.06. The molecule has 2 atom stereocenters. The Labute approximate surface area is 95.8 Å². The summed E-state index contributed by atoms with van der Waals surface area (Å²) in [6.45, 7) is 14.4. The molecule has 2 heteroatoms. The van der Waals surface area contributed by atoms with E-state index in [9.17, 15) is 0 Å². The fourth-order valence-corrected chi connectivity index (χ4v) is 1.85. The lowest BCUT2D eigenvalue weighted by molar-refractivity contribution is 0.0145. The Balaban J connectivity index is 4.10. The highest BCUT2D eigenvalue weighted by molar-refractivity contribution is 4.79. The predicted molar refractivity (Wildman–Crippen MR) is 67.2 cm³/mol. The van der Waals surface area contributed by atoms with Crippen LogP contribution in [-0.4, -0.2) is 25.8 Å². The molecule has 0 aliphatic rings. The molecule has 0 aromatic heterocycles. The fraction of sp³-hybridized carbons (Fsp3) is 1.00. The summed E-state index contributed by atoms with van der Waals surface area (Å²) in [4.78, 5) is 0. The molecule has 0 aliphatic heterocycles. The molecule has 92 valence electrons. The Bertz CT molecular complexity index is 160. The largest absolute Gasteiger partial charge is 0.380 e. The van der Waals surface area contributed by atoms with E-state index >= 15 is 0 Å². The lowest BCUT2D eigenvalue weighted by Crippen LogP contribution is -2.43. The van der Waals surface area contributed by atoms with Crippen LogP contribution in [-0.2, 0) is 4.74 Å². The van der Waals surface area contributed by atoms with Crippen molar-refractivity contribution in [1.82, 2.24) is 5.32 Å². The highest BCUT2D eigenvalue weighted by Crippen LogP contribution is 2.21. The molecule has 0 saturated carbocycles. The first-order valence-electron chi connectivity index (χ1n) is 6.09. The van der Waals surface area contributed by atoms with Crippen molar-refractivity contribution in [3.05, 3.63) is 0 Å². The molecule has 2 unspecified atom stereocenters. The van der Waals surface area contributed by atoms with E-state index in [4.69, 9.17) is 4.74 Å². The standard InChI is InChI=1S/C13H29NO/c1-8-11(10(2)3)14-9-12(15-7)13(4,5)6/h10-12,14H,8-9H2,1-7H3. The van der Waals surface area contributed by atoms with Crippen molar-refractivity contribution in [3.8, 4) is 0 Å². The van der Waals surface area contributed by atoms with Crippen LogP contribution in [0, 0.1) is 11.3 Å². The van der Waals surface area contributed by atoms with Crippen LogP contribution in [0.25, 0.3) is 0 Å². The second-order valence-electron chi connectivity index (χ2n) is 5.76. The average molecular weight is 215 g/mol. The van der Waals surface area contributed by atoms with Gasteiger partial charge in [-0.15, -0.1) is 0 Å². The van der Waals surface area contributed by atoms with Gasteiger partial charge in [0.05, 0.1) is 6.10 Å². The van der Waals surface area contributed by atoms with E-state index in [-0.39, 0.29) is 11.5 Å². The molecular formula is C13H29NO. The molecule has 0 radical (unpaired) electrons. The molecule has 2 nitrogen and oxygen atoms in total. The summed E-state index contributed by atoms with van der Waals surface area (Å²) in [7, 11) is 1.80. The van der Waals surface area contributed by atoms with E-state index in [0.717, 1.165) is 6.54 Å². The van der Waals surface area contributed by atoms with Gasteiger partial charge in [0.25, 0.3) is 0 Å². The number of hydrogen-bond donors (Lipinski definition) is 1. The maximum Gasteiger partial charge on any atom is 0.0743 e. The lowest BCUT2D eigenvalue weighted by Gasteiger charge is -2.32. The van der Waals surface area contributed by atoms with Crippen molar-refractivity contribution in [2.24, 2.45) is 11.3 Å². The van der Waals surface area contributed by atoms with Crippen molar-refractivity contribution in [2.45, 2.75) is 60.1 Å². The summed E-state index contributed by atoms with van der Waals surface area (Å²) < 4.78 is 5.53. The summed E-state index contributed by atoms with van der Waals surface area (Å²) in [6.07, 6.45) is 1.46. The molecule has 0 fully saturated rings. The molecular weight excluding hydrogens is 186 g/mol. The van der Waals surface area contributed by atoms with Crippen molar-refractivity contribution in [1.29, 1.82) is 0 Å². The Hall–Kier alpha value is -0.0800. The van der Waals surface area contributed by atoms with Crippen LogP contribution in [0.3, 0.4) is 0 Å². The number of nitrogens with one attached hydrogen (secondary N) is 1. The van der Waals surface area contributed by atoms with E-state index in [1.165, 1.54) is 6.42 Å². The maximum atomic E-state index is 5.53. The molecule has 15 heavy (non-hydrogen) atoms. The quantitative estimate of drug-likeness (QED) is 0.735. The van der Waals surface area contributed by atoms with Crippen LogP contribution in [0.5, 0.6) is 0 Å². The minimum atomic E-state index is 0.205. The third kappa shape index (κ3) is 5.53. The van der Waals surface area contributed by atoms with Gasteiger partial charge in [-0.1, -0.05) is 41.5 Å². The topological polar surface area (TPSA) is 21.3 Å². The minimum Gasteiger partial charge on any atom is -0.380 e. The Morgan fingerprint density at radius 1 is 1.20 bits per heavy atom. The molecule has 0 amide bonds. The molecule has 0 aliphatic carbocycles. The van der Waals surface area contributed by atoms with E-state index < -0.39 is 0 Å². The first kappa shape index (κ1) is 14.9. The zero-order valence-corrected chi connectivity index (χ0v) is 11.6. The molecule has 0 rings (SSSR count). The van der Waals surface area contributed by atoms with E-state index in [0.29, 0.717) is 12.0 Å². The van der Waals surface area contributed by atoms with Crippen LogP contribution in [0.1, 0.15) is 48.0 Å². The van der Waals surface area contributed by atoms with Crippen LogP contribution in [0.15, 0.2) is 0 Å². The smallest absolute Gasteiger partial charge is 0.0743 e.